The van der Waals surface area contributed by atoms with Crippen molar-refractivity contribution in [2.45, 2.75) is 0 Å². The standard InChI is InChI=1S/C48H32N2/c1-4-14-33(15-5-1)35-24-28-47-42(30-35)43-32-37(26-29-48(43)50(47)44-22-12-10-20-39(44)34-16-6-2-7-17-34)36-25-27-46-41(31-36)40-21-11-13-23-45(40)49(46)38-18-8-3-9-19-38/h1-32H/i26D,29D,32D. The lowest BCUT2D eigenvalue weighted by molar-refractivity contribution is 1.18. The summed E-state index contributed by atoms with van der Waals surface area (Å²) >= 11 is 0. The summed E-state index contributed by atoms with van der Waals surface area (Å²) in [6, 6.07) is 60.4. The van der Waals surface area contributed by atoms with E-state index in [2.05, 4.69) is 112 Å². The Morgan fingerprint density at radius 3 is 1.66 bits per heavy atom. The molecule has 0 aliphatic rings. The van der Waals surface area contributed by atoms with Gasteiger partial charge in [-0.3, -0.25) is 0 Å². The molecule has 2 aromatic heterocycles. The van der Waals surface area contributed by atoms with Crippen molar-refractivity contribution < 1.29 is 4.11 Å². The Morgan fingerprint density at radius 2 is 0.900 bits per heavy atom. The maximum absolute atomic E-state index is 9.95. The van der Waals surface area contributed by atoms with Crippen molar-refractivity contribution >= 4 is 43.6 Å². The molecule has 2 heteroatoms. The number of hydrogen-bond donors (Lipinski definition) is 0. The zero-order chi connectivity index (χ0) is 35.6. The average Bonchev–Trinajstić information content (AvgIpc) is 3.74. The molecular weight excluding hydrogens is 605 g/mol. The molecule has 0 aliphatic carbocycles. The van der Waals surface area contributed by atoms with Gasteiger partial charge in [-0.15, -0.1) is 0 Å². The largest absolute Gasteiger partial charge is 0.309 e. The first kappa shape index (κ1) is 25.4. The molecule has 0 radical (unpaired) electrons. The van der Waals surface area contributed by atoms with Crippen LogP contribution in [0.5, 0.6) is 0 Å². The van der Waals surface area contributed by atoms with Gasteiger partial charge in [0, 0.05) is 32.8 Å². The summed E-state index contributed by atoms with van der Waals surface area (Å²) in [6.07, 6.45) is 0. The lowest BCUT2D eigenvalue weighted by Crippen LogP contribution is -1.97. The van der Waals surface area contributed by atoms with Crippen LogP contribution >= 0.6 is 0 Å². The minimum Gasteiger partial charge on any atom is -0.309 e. The van der Waals surface area contributed by atoms with Gasteiger partial charge in [-0.2, -0.15) is 0 Å². The van der Waals surface area contributed by atoms with Gasteiger partial charge in [0.05, 0.1) is 31.9 Å². The van der Waals surface area contributed by atoms with Gasteiger partial charge in [-0.05, 0) is 88.4 Å². The summed E-state index contributed by atoms with van der Waals surface area (Å²) in [5.74, 6) is 0. The monoisotopic (exact) mass is 639 g/mol. The van der Waals surface area contributed by atoms with Crippen LogP contribution in [0.4, 0.5) is 0 Å². The number of nitrogens with zero attached hydrogens (tertiary/aromatic N) is 2. The molecule has 0 saturated heterocycles. The number of hydrogen-bond acceptors (Lipinski definition) is 0. The second-order valence-corrected chi connectivity index (χ2v) is 12.7. The lowest BCUT2D eigenvalue weighted by Gasteiger charge is -2.14. The summed E-state index contributed by atoms with van der Waals surface area (Å²) in [5.41, 5.74) is 11.0. The number of benzene rings is 8. The van der Waals surface area contributed by atoms with Crippen LogP contribution in [0.1, 0.15) is 4.11 Å². The van der Waals surface area contributed by atoms with E-state index in [-0.39, 0.29) is 18.1 Å². The molecule has 2 heterocycles. The molecule has 10 aromatic rings. The molecule has 0 N–H and O–H groups in total. The lowest BCUT2D eigenvalue weighted by atomic mass is 9.99. The highest BCUT2D eigenvalue weighted by Gasteiger charge is 2.18. The van der Waals surface area contributed by atoms with Crippen LogP contribution in [-0.2, 0) is 0 Å². The minimum atomic E-state index is 0.0400. The van der Waals surface area contributed by atoms with E-state index in [1.165, 1.54) is 0 Å². The van der Waals surface area contributed by atoms with Crippen LogP contribution in [0, 0.1) is 0 Å². The van der Waals surface area contributed by atoms with Gasteiger partial charge >= 0.3 is 0 Å². The van der Waals surface area contributed by atoms with Crippen molar-refractivity contribution in [1.29, 1.82) is 0 Å². The van der Waals surface area contributed by atoms with E-state index >= 15 is 0 Å². The summed E-state index contributed by atoms with van der Waals surface area (Å²) in [4.78, 5) is 0. The molecule has 0 atom stereocenters. The summed E-state index contributed by atoms with van der Waals surface area (Å²) in [5, 5.41) is 3.69. The zero-order valence-corrected chi connectivity index (χ0v) is 27.1. The highest BCUT2D eigenvalue weighted by atomic mass is 15.0. The van der Waals surface area contributed by atoms with Crippen molar-refractivity contribution in [2.24, 2.45) is 0 Å². The molecule has 0 unspecified atom stereocenters. The predicted octanol–water partition coefficient (Wildman–Crippen LogP) is 12.9. The van der Waals surface area contributed by atoms with E-state index < -0.39 is 0 Å². The number of rotatable bonds is 5. The van der Waals surface area contributed by atoms with Gasteiger partial charge in [0.2, 0.25) is 0 Å². The topological polar surface area (TPSA) is 9.86 Å². The van der Waals surface area contributed by atoms with Crippen LogP contribution in [0.2, 0.25) is 0 Å². The molecule has 0 bridgehead atoms. The minimum absolute atomic E-state index is 0.0400. The first-order valence-electron chi connectivity index (χ1n) is 18.5. The predicted molar refractivity (Wildman–Crippen MR) is 211 cm³/mol. The van der Waals surface area contributed by atoms with Gasteiger partial charge < -0.3 is 9.13 Å². The normalized spacial score (nSPS) is 12.4. The van der Waals surface area contributed by atoms with E-state index in [1.807, 2.05) is 72.8 Å². The number of para-hydroxylation sites is 3. The smallest absolute Gasteiger partial charge is 0.0645 e. The van der Waals surface area contributed by atoms with Crippen molar-refractivity contribution in [3.05, 3.63) is 194 Å². The Labute approximate surface area is 294 Å². The van der Waals surface area contributed by atoms with E-state index in [4.69, 9.17) is 0 Å². The summed E-state index contributed by atoms with van der Waals surface area (Å²) in [7, 11) is 0. The van der Waals surface area contributed by atoms with E-state index in [9.17, 15) is 4.11 Å². The summed E-state index contributed by atoms with van der Waals surface area (Å²) < 4.78 is 33.6. The molecular formula is C48H32N2. The van der Waals surface area contributed by atoms with Gasteiger partial charge in [0.25, 0.3) is 0 Å². The molecule has 0 amide bonds. The Hall–Kier alpha value is -6.64. The second kappa shape index (κ2) is 11.5. The number of fused-ring (bicyclic) bond motifs is 6. The Kier molecular flexibility index (Phi) is 5.84. The Balaban J connectivity index is 1.29. The molecule has 8 aromatic carbocycles. The van der Waals surface area contributed by atoms with Crippen LogP contribution < -0.4 is 0 Å². The van der Waals surface area contributed by atoms with Crippen LogP contribution in [0.15, 0.2) is 194 Å². The second-order valence-electron chi connectivity index (χ2n) is 12.7. The van der Waals surface area contributed by atoms with Crippen molar-refractivity contribution in [1.82, 2.24) is 9.13 Å². The van der Waals surface area contributed by atoms with Gasteiger partial charge in [-0.25, -0.2) is 0 Å². The molecule has 2 nitrogen and oxygen atoms in total. The maximum atomic E-state index is 9.95. The quantitative estimate of drug-likeness (QED) is 0.177. The summed E-state index contributed by atoms with van der Waals surface area (Å²) in [6.45, 7) is 0. The molecule has 50 heavy (non-hydrogen) atoms. The van der Waals surface area contributed by atoms with Gasteiger partial charge in [0.15, 0.2) is 0 Å². The fourth-order valence-electron chi connectivity index (χ4n) is 7.53. The van der Waals surface area contributed by atoms with Gasteiger partial charge in [0.1, 0.15) is 0 Å². The van der Waals surface area contributed by atoms with Crippen molar-refractivity contribution in [3.63, 3.8) is 0 Å². The van der Waals surface area contributed by atoms with Crippen LogP contribution in [-0.4, -0.2) is 9.13 Å². The first-order valence-corrected chi connectivity index (χ1v) is 17.0. The first-order chi connectivity index (χ1) is 26.1. The Morgan fingerprint density at radius 1 is 0.340 bits per heavy atom. The molecule has 0 spiro atoms. The van der Waals surface area contributed by atoms with E-state index in [1.54, 1.807) is 0 Å². The third-order valence-corrected chi connectivity index (χ3v) is 9.84. The van der Waals surface area contributed by atoms with Crippen LogP contribution in [0.25, 0.3) is 88.4 Å². The van der Waals surface area contributed by atoms with Crippen molar-refractivity contribution in [3.8, 4) is 44.8 Å². The fraction of sp³-hybridized carbons (Fsp3) is 0. The van der Waals surface area contributed by atoms with E-state index in [0.29, 0.717) is 16.5 Å². The molecule has 0 fully saturated rings. The van der Waals surface area contributed by atoms with Gasteiger partial charge in [-0.1, -0.05) is 133 Å². The highest BCUT2D eigenvalue weighted by molar-refractivity contribution is 6.13. The SMILES string of the molecule is [2H]c1c(-c2ccc3c(c2)c2ccccc2n3-c2ccccc2)c([2H])c2c3cc(-c4ccccc4)ccc3n(-c3ccccc3-c3ccccc3)c2c1[2H]. The Bertz CT molecular complexity index is 3020. The average molecular weight is 640 g/mol. The third-order valence-electron chi connectivity index (χ3n) is 9.84. The molecule has 0 saturated carbocycles. The zero-order valence-electron chi connectivity index (χ0n) is 30.1. The number of aromatic nitrogens is 2. The van der Waals surface area contributed by atoms with Crippen LogP contribution in [0.3, 0.4) is 0 Å². The van der Waals surface area contributed by atoms with E-state index in [0.717, 1.165) is 71.9 Å². The van der Waals surface area contributed by atoms with Crippen molar-refractivity contribution in [2.75, 3.05) is 0 Å². The highest BCUT2D eigenvalue weighted by Crippen LogP contribution is 2.41. The third kappa shape index (κ3) is 4.50. The molecule has 10 rings (SSSR count). The fourth-order valence-corrected chi connectivity index (χ4v) is 7.53. The molecule has 0 aliphatic heterocycles. The maximum Gasteiger partial charge on any atom is 0.0645 e. The molecule has 234 valence electrons.